The van der Waals surface area contributed by atoms with Crippen molar-refractivity contribution in [2.45, 2.75) is 13.5 Å². The predicted molar refractivity (Wildman–Crippen MR) is 76.7 cm³/mol. The highest BCUT2D eigenvalue weighted by molar-refractivity contribution is 14.1. The first-order valence-electron chi connectivity index (χ1n) is 5.38. The zero-order chi connectivity index (χ0) is 13.1. The summed E-state index contributed by atoms with van der Waals surface area (Å²) in [7, 11) is 0. The van der Waals surface area contributed by atoms with Gasteiger partial charge in [-0.3, -0.25) is 14.2 Å². The van der Waals surface area contributed by atoms with Crippen LogP contribution in [0.25, 0.3) is 0 Å². The van der Waals surface area contributed by atoms with Crippen LogP contribution in [0.4, 0.5) is 0 Å². The maximum atomic E-state index is 12.1. The fraction of sp³-hybridized carbons (Fsp3) is 0.154. The summed E-state index contributed by atoms with van der Waals surface area (Å²) < 4.78 is 1.84. The lowest BCUT2D eigenvalue weighted by atomic mass is 10.1. The number of rotatable bonds is 3. The van der Waals surface area contributed by atoms with E-state index in [4.69, 9.17) is 0 Å². The molecular formula is C13H11IN2O2. The average Bonchev–Trinajstić information content (AvgIpc) is 2.35. The van der Waals surface area contributed by atoms with Gasteiger partial charge in [-0.25, -0.2) is 4.98 Å². The highest BCUT2D eigenvalue weighted by atomic mass is 127. The van der Waals surface area contributed by atoms with Crippen LogP contribution in [0, 0.1) is 10.5 Å². The standard InChI is InChI=1S/C13H11IN2O2/c1-9-4-2-3-5-10(9)12(17)7-16-8-15-6-11(14)13(16)18/h2-6,8H,7H2,1H3. The van der Waals surface area contributed by atoms with Crippen molar-refractivity contribution in [2.24, 2.45) is 0 Å². The summed E-state index contributed by atoms with van der Waals surface area (Å²) in [6.45, 7) is 1.90. The Kier molecular flexibility index (Phi) is 3.90. The molecule has 0 spiro atoms. The Balaban J connectivity index is 2.30. The molecule has 1 aromatic heterocycles. The van der Waals surface area contributed by atoms with E-state index < -0.39 is 0 Å². The zero-order valence-electron chi connectivity index (χ0n) is 9.76. The van der Waals surface area contributed by atoms with Crippen LogP contribution < -0.4 is 5.56 Å². The number of carbonyl (C=O) groups excluding carboxylic acids is 1. The van der Waals surface area contributed by atoms with Gasteiger partial charge in [0.2, 0.25) is 0 Å². The first-order chi connectivity index (χ1) is 8.59. The number of Topliss-reactive ketones (excluding diaryl/α,β-unsaturated/α-hetero) is 1. The number of carbonyl (C=O) groups is 1. The number of nitrogens with zero attached hydrogens (tertiary/aromatic N) is 2. The molecule has 0 radical (unpaired) electrons. The van der Waals surface area contributed by atoms with Gasteiger partial charge < -0.3 is 0 Å². The Labute approximate surface area is 118 Å². The van der Waals surface area contributed by atoms with Gasteiger partial charge in [-0.1, -0.05) is 24.3 Å². The van der Waals surface area contributed by atoms with Crippen LogP contribution >= 0.6 is 22.6 Å². The van der Waals surface area contributed by atoms with E-state index in [0.717, 1.165) is 5.56 Å². The summed E-state index contributed by atoms with van der Waals surface area (Å²) in [5, 5.41) is 0. The first kappa shape index (κ1) is 12.9. The number of ketones is 1. The minimum Gasteiger partial charge on any atom is -0.292 e. The Morgan fingerprint density at radius 1 is 1.39 bits per heavy atom. The van der Waals surface area contributed by atoms with E-state index >= 15 is 0 Å². The van der Waals surface area contributed by atoms with E-state index in [9.17, 15) is 9.59 Å². The molecule has 2 aromatic rings. The zero-order valence-corrected chi connectivity index (χ0v) is 11.9. The fourth-order valence-electron chi connectivity index (χ4n) is 1.66. The minimum atomic E-state index is -0.187. The topological polar surface area (TPSA) is 52.0 Å². The molecule has 2 rings (SSSR count). The summed E-state index contributed by atoms with van der Waals surface area (Å²) >= 11 is 1.91. The lowest BCUT2D eigenvalue weighted by Gasteiger charge is -2.06. The highest BCUT2D eigenvalue weighted by Gasteiger charge is 2.10. The number of aryl methyl sites for hydroxylation is 1. The van der Waals surface area contributed by atoms with Gasteiger partial charge in [-0.05, 0) is 35.1 Å². The van der Waals surface area contributed by atoms with E-state index in [1.165, 1.54) is 17.1 Å². The summed E-state index contributed by atoms with van der Waals surface area (Å²) in [4.78, 5) is 27.8. The van der Waals surface area contributed by atoms with Crippen molar-refractivity contribution >= 4 is 28.4 Å². The molecule has 0 bridgehead atoms. The van der Waals surface area contributed by atoms with Gasteiger partial charge in [-0.15, -0.1) is 0 Å². The monoisotopic (exact) mass is 354 g/mol. The fourth-order valence-corrected chi connectivity index (χ4v) is 2.13. The second kappa shape index (κ2) is 5.43. The summed E-state index contributed by atoms with van der Waals surface area (Å²) in [6, 6.07) is 7.34. The van der Waals surface area contributed by atoms with Crippen LogP contribution in [0.15, 0.2) is 41.6 Å². The Morgan fingerprint density at radius 3 is 2.83 bits per heavy atom. The molecule has 5 heteroatoms. The van der Waals surface area contributed by atoms with E-state index in [1.54, 1.807) is 6.07 Å². The molecule has 1 heterocycles. The van der Waals surface area contributed by atoms with Crippen LogP contribution in [0.2, 0.25) is 0 Å². The quantitative estimate of drug-likeness (QED) is 0.626. The molecule has 18 heavy (non-hydrogen) atoms. The van der Waals surface area contributed by atoms with E-state index in [-0.39, 0.29) is 17.9 Å². The lowest BCUT2D eigenvalue weighted by Crippen LogP contribution is -2.26. The van der Waals surface area contributed by atoms with Gasteiger partial charge in [0, 0.05) is 11.8 Å². The van der Waals surface area contributed by atoms with Gasteiger partial charge in [0.1, 0.15) is 0 Å². The van der Waals surface area contributed by atoms with E-state index in [2.05, 4.69) is 4.98 Å². The van der Waals surface area contributed by atoms with Crippen molar-refractivity contribution in [1.29, 1.82) is 0 Å². The largest absolute Gasteiger partial charge is 0.292 e. The predicted octanol–water partition coefficient (Wildman–Crippen LogP) is 2.04. The molecule has 1 aromatic carbocycles. The Bertz CT molecular complexity index is 649. The molecule has 0 aliphatic carbocycles. The Hall–Kier alpha value is -1.50. The van der Waals surface area contributed by atoms with E-state index in [0.29, 0.717) is 9.13 Å². The van der Waals surface area contributed by atoms with Crippen LogP contribution in [0.5, 0.6) is 0 Å². The van der Waals surface area contributed by atoms with Crippen molar-refractivity contribution in [2.75, 3.05) is 0 Å². The molecule has 4 nitrogen and oxygen atoms in total. The Morgan fingerprint density at radius 2 is 2.11 bits per heavy atom. The molecule has 0 saturated heterocycles. The molecule has 0 unspecified atom stereocenters. The molecule has 0 atom stereocenters. The maximum Gasteiger partial charge on any atom is 0.267 e. The van der Waals surface area contributed by atoms with Crippen molar-refractivity contribution in [3.05, 3.63) is 61.8 Å². The van der Waals surface area contributed by atoms with Gasteiger partial charge in [0.15, 0.2) is 5.78 Å². The molecule has 0 fully saturated rings. The molecule has 0 amide bonds. The smallest absolute Gasteiger partial charge is 0.267 e. The normalized spacial score (nSPS) is 10.3. The SMILES string of the molecule is Cc1ccccc1C(=O)Cn1cncc(I)c1=O. The van der Waals surface area contributed by atoms with E-state index in [1.807, 2.05) is 47.7 Å². The third-order valence-electron chi connectivity index (χ3n) is 2.62. The first-order valence-corrected chi connectivity index (χ1v) is 6.46. The number of halogens is 1. The summed E-state index contributed by atoms with van der Waals surface area (Å²) in [5.74, 6) is -0.0843. The van der Waals surface area contributed by atoms with Gasteiger partial charge >= 0.3 is 0 Å². The summed E-state index contributed by atoms with van der Waals surface area (Å²) in [6.07, 6.45) is 2.87. The molecular weight excluding hydrogens is 343 g/mol. The number of hydrogen-bond acceptors (Lipinski definition) is 3. The molecule has 0 aliphatic rings. The van der Waals surface area contributed by atoms with Crippen LogP contribution in [0.1, 0.15) is 15.9 Å². The third-order valence-corrected chi connectivity index (χ3v) is 3.36. The van der Waals surface area contributed by atoms with Crippen molar-refractivity contribution in [3.8, 4) is 0 Å². The van der Waals surface area contributed by atoms with Crippen molar-refractivity contribution in [1.82, 2.24) is 9.55 Å². The third kappa shape index (κ3) is 2.66. The lowest BCUT2D eigenvalue weighted by molar-refractivity contribution is 0.0969. The van der Waals surface area contributed by atoms with Gasteiger partial charge in [0.05, 0.1) is 16.4 Å². The highest BCUT2D eigenvalue weighted by Crippen LogP contribution is 2.08. The van der Waals surface area contributed by atoms with Crippen LogP contribution in [0.3, 0.4) is 0 Å². The number of aromatic nitrogens is 2. The maximum absolute atomic E-state index is 12.1. The van der Waals surface area contributed by atoms with Crippen molar-refractivity contribution < 1.29 is 4.79 Å². The average molecular weight is 354 g/mol. The molecule has 0 N–H and O–H groups in total. The summed E-state index contributed by atoms with van der Waals surface area (Å²) in [5.41, 5.74) is 1.37. The van der Waals surface area contributed by atoms with Crippen LogP contribution in [-0.2, 0) is 6.54 Å². The minimum absolute atomic E-state index is 0.0214. The molecule has 92 valence electrons. The van der Waals surface area contributed by atoms with Gasteiger partial charge in [0.25, 0.3) is 5.56 Å². The molecule has 0 aliphatic heterocycles. The molecule has 0 saturated carbocycles. The second-order valence-corrected chi connectivity index (χ2v) is 5.07. The number of benzene rings is 1. The van der Waals surface area contributed by atoms with Crippen molar-refractivity contribution in [3.63, 3.8) is 0 Å². The number of hydrogen-bond donors (Lipinski definition) is 0. The second-order valence-electron chi connectivity index (χ2n) is 3.91. The van der Waals surface area contributed by atoms with Gasteiger partial charge in [-0.2, -0.15) is 0 Å². The van der Waals surface area contributed by atoms with Crippen LogP contribution in [-0.4, -0.2) is 15.3 Å².